The fourth-order valence-electron chi connectivity index (χ4n) is 1.38. The van der Waals surface area contributed by atoms with Crippen molar-refractivity contribution in [2.75, 3.05) is 0 Å². The van der Waals surface area contributed by atoms with Gasteiger partial charge in [-0.1, -0.05) is 12.1 Å². The monoisotopic (exact) mass is 278 g/mol. The lowest BCUT2D eigenvalue weighted by molar-refractivity contribution is -0.142. The van der Waals surface area contributed by atoms with Crippen LogP contribution in [0, 0.1) is 0 Å². The molecule has 1 aromatic rings. The molecule has 0 saturated heterocycles. The Morgan fingerprint density at radius 2 is 1.85 bits per heavy atom. The normalized spacial score (nSPS) is 12.0. The van der Waals surface area contributed by atoms with Gasteiger partial charge < -0.3 is 21.3 Å². The number of aliphatic carboxylic acids is 1. The van der Waals surface area contributed by atoms with Crippen LogP contribution in [0.15, 0.2) is 30.3 Å². The summed E-state index contributed by atoms with van der Waals surface area (Å²) in [5.74, 6) is -2.72. The number of carbonyl (C=O) groups is 3. The number of phenols is 1. The minimum atomic E-state index is -1.36. The van der Waals surface area contributed by atoms with Gasteiger partial charge in [-0.25, -0.2) is 4.79 Å². The second-order valence-electron chi connectivity index (χ2n) is 3.99. The molecular weight excluding hydrogens is 264 g/mol. The van der Waals surface area contributed by atoms with Crippen LogP contribution in [-0.4, -0.2) is 34.0 Å². The lowest BCUT2D eigenvalue weighted by atomic mass is 10.2. The van der Waals surface area contributed by atoms with E-state index in [1.165, 1.54) is 18.2 Å². The van der Waals surface area contributed by atoms with Gasteiger partial charge in [-0.2, -0.15) is 0 Å². The van der Waals surface area contributed by atoms with Gasteiger partial charge in [0, 0.05) is 6.08 Å². The van der Waals surface area contributed by atoms with Gasteiger partial charge in [0.2, 0.25) is 11.8 Å². The average Bonchev–Trinajstić information content (AvgIpc) is 2.36. The van der Waals surface area contributed by atoms with Crippen molar-refractivity contribution in [1.29, 1.82) is 0 Å². The first-order valence-electron chi connectivity index (χ1n) is 5.67. The van der Waals surface area contributed by atoms with Crippen molar-refractivity contribution in [2.24, 2.45) is 5.73 Å². The Bertz CT molecular complexity index is 536. The van der Waals surface area contributed by atoms with E-state index in [0.29, 0.717) is 5.56 Å². The number of aromatic hydroxyl groups is 1. The third-order valence-corrected chi connectivity index (χ3v) is 2.34. The topological polar surface area (TPSA) is 130 Å². The number of benzene rings is 1. The van der Waals surface area contributed by atoms with E-state index in [2.05, 4.69) is 5.32 Å². The lowest BCUT2D eigenvalue weighted by Gasteiger charge is -2.10. The van der Waals surface area contributed by atoms with Crippen LogP contribution < -0.4 is 11.1 Å². The van der Waals surface area contributed by atoms with E-state index in [0.717, 1.165) is 6.08 Å². The van der Waals surface area contributed by atoms with Crippen LogP contribution in [0.25, 0.3) is 6.08 Å². The van der Waals surface area contributed by atoms with Crippen molar-refractivity contribution in [3.8, 4) is 5.75 Å². The Morgan fingerprint density at radius 3 is 2.35 bits per heavy atom. The van der Waals surface area contributed by atoms with Gasteiger partial charge in [0.05, 0.1) is 6.42 Å². The molecule has 0 spiro atoms. The maximum absolute atomic E-state index is 11.5. The molecule has 0 radical (unpaired) electrons. The van der Waals surface area contributed by atoms with Crippen LogP contribution in [0.3, 0.4) is 0 Å². The van der Waals surface area contributed by atoms with Crippen molar-refractivity contribution in [2.45, 2.75) is 12.5 Å². The maximum atomic E-state index is 11.5. The second-order valence-corrected chi connectivity index (χ2v) is 3.99. The molecule has 1 rings (SSSR count). The first-order valence-corrected chi connectivity index (χ1v) is 5.67. The predicted molar refractivity (Wildman–Crippen MR) is 70.5 cm³/mol. The molecule has 0 aromatic heterocycles. The number of rotatable bonds is 6. The number of hydrogen-bond donors (Lipinski definition) is 4. The third-order valence-electron chi connectivity index (χ3n) is 2.34. The largest absolute Gasteiger partial charge is 0.508 e. The molecule has 20 heavy (non-hydrogen) atoms. The zero-order valence-electron chi connectivity index (χ0n) is 10.4. The number of hydrogen-bond acceptors (Lipinski definition) is 4. The highest BCUT2D eigenvalue weighted by Gasteiger charge is 2.20. The van der Waals surface area contributed by atoms with Crippen molar-refractivity contribution in [1.82, 2.24) is 5.32 Å². The van der Waals surface area contributed by atoms with Crippen LogP contribution in [-0.2, 0) is 14.4 Å². The van der Waals surface area contributed by atoms with Crippen molar-refractivity contribution in [3.63, 3.8) is 0 Å². The van der Waals surface area contributed by atoms with Gasteiger partial charge in [-0.05, 0) is 23.8 Å². The summed E-state index contributed by atoms with van der Waals surface area (Å²) in [7, 11) is 0. The van der Waals surface area contributed by atoms with Crippen LogP contribution in [0.2, 0.25) is 0 Å². The Morgan fingerprint density at radius 1 is 1.25 bits per heavy atom. The van der Waals surface area contributed by atoms with Crippen molar-refractivity contribution in [3.05, 3.63) is 35.9 Å². The van der Waals surface area contributed by atoms with Crippen molar-refractivity contribution >= 4 is 23.9 Å². The van der Waals surface area contributed by atoms with Gasteiger partial charge in [0.25, 0.3) is 0 Å². The number of nitrogens with one attached hydrogen (secondary N) is 1. The summed E-state index contributed by atoms with van der Waals surface area (Å²) in [4.78, 5) is 33.0. The van der Waals surface area contributed by atoms with Gasteiger partial charge in [-0.3, -0.25) is 9.59 Å². The van der Waals surface area contributed by atoms with E-state index in [1.807, 2.05) is 0 Å². The number of carbonyl (C=O) groups excluding carboxylic acids is 2. The molecule has 106 valence electrons. The molecule has 0 heterocycles. The first kappa shape index (κ1) is 15.2. The molecule has 5 N–H and O–H groups in total. The summed E-state index contributed by atoms with van der Waals surface area (Å²) in [5.41, 5.74) is 5.54. The molecule has 1 aromatic carbocycles. The van der Waals surface area contributed by atoms with Crippen LogP contribution in [0.4, 0.5) is 0 Å². The Labute approximate surface area is 114 Å². The fourth-order valence-corrected chi connectivity index (χ4v) is 1.38. The van der Waals surface area contributed by atoms with Gasteiger partial charge >= 0.3 is 5.97 Å². The molecule has 0 fully saturated rings. The summed E-state index contributed by atoms with van der Waals surface area (Å²) in [6.07, 6.45) is 2.09. The standard InChI is InChI=1S/C13H14N2O5/c14-11(17)7-10(13(19)20)15-12(18)6-3-8-1-4-9(16)5-2-8/h1-6,10,16H,7H2,(H2,14,17)(H,15,18)(H,19,20)/b6-3+/t10-/m0/s1. The molecule has 0 aliphatic carbocycles. The Balaban J connectivity index is 2.63. The quantitative estimate of drug-likeness (QED) is 0.538. The number of carboxylic acids is 1. The van der Waals surface area contributed by atoms with Gasteiger partial charge in [0.15, 0.2) is 0 Å². The number of primary amides is 1. The molecule has 2 amide bonds. The second kappa shape index (κ2) is 6.93. The van der Waals surface area contributed by atoms with E-state index in [4.69, 9.17) is 15.9 Å². The highest BCUT2D eigenvalue weighted by molar-refractivity contribution is 5.95. The summed E-state index contributed by atoms with van der Waals surface area (Å²) in [6.45, 7) is 0. The molecular formula is C13H14N2O5. The van der Waals surface area contributed by atoms with E-state index in [9.17, 15) is 14.4 Å². The average molecular weight is 278 g/mol. The Kier molecular flexibility index (Phi) is 5.28. The van der Waals surface area contributed by atoms with E-state index in [-0.39, 0.29) is 5.75 Å². The zero-order chi connectivity index (χ0) is 15.1. The van der Waals surface area contributed by atoms with E-state index in [1.54, 1.807) is 12.1 Å². The molecule has 0 bridgehead atoms. The number of nitrogens with two attached hydrogens (primary N) is 1. The third kappa shape index (κ3) is 5.21. The van der Waals surface area contributed by atoms with Crippen LogP contribution >= 0.6 is 0 Å². The summed E-state index contributed by atoms with van der Waals surface area (Å²) >= 11 is 0. The molecule has 7 heteroatoms. The summed E-state index contributed by atoms with van der Waals surface area (Å²) in [5, 5.41) is 20.1. The highest BCUT2D eigenvalue weighted by Crippen LogP contribution is 2.10. The number of phenolic OH excluding ortho intramolecular Hbond substituents is 1. The Hall–Kier alpha value is -2.83. The predicted octanol–water partition coefficient (Wildman–Crippen LogP) is -0.150. The minimum Gasteiger partial charge on any atom is -0.508 e. The SMILES string of the molecule is NC(=O)C[C@H](NC(=O)/C=C/c1ccc(O)cc1)C(=O)O. The molecule has 0 saturated carbocycles. The van der Waals surface area contributed by atoms with Crippen molar-refractivity contribution < 1.29 is 24.6 Å². The first-order chi connectivity index (χ1) is 9.38. The van der Waals surface area contributed by atoms with E-state index >= 15 is 0 Å². The van der Waals surface area contributed by atoms with Crippen LogP contribution in [0.1, 0.15) is 12.0 Å². The summed E-state index contributed by atoms with van der Waals surface area (Å²) in [6, 6.07) is 4.70. The van der Waals surface area contributed by atoms with E-state index < -0.39 is 30.2 Å². The molecule has 0 unspecified atom stereocenters. The molecule has 0 aliphatic heterocycles. The molecule has 0 aliphatic rings. The van der Waals surface area contributed by atoms with Gasteiger partial charge in [0.1, 0.15) is 11.8 Å². The number of amides is 2. The fraction of sp³-hybridized carbons (Fsp3) is 0.154. The lowest BCUT2D eigenvalue weighted by Crippen LogP contribution is -2.42. The van der Waals surface area contributed by atoms with Gasteiger partial charge in [-0.15, -0.1) is 0 Å². The zero-order valence-corrected chi connectivity index (χ0v) is 10.4. The summed E-state index contributed by atoms with van der Waals surface area (Å²) < 4.78 is 0. The van der Waals surface area contributed by atoms with Crippen LogP contribution in [0.5, 0.6) is 5.75 Å². The smallest absolute Gasteiger partial charge is 0.326 e. The molecule has 7 nitrogen and oxygen atoms in total. The molecule has 1 atom stereocenters. The highest BCUT2D eigenvalue weighted by atomic mass is 16.4. The maximum Gasteiger partial charge on any atom is 0.326 e. The minimum absolute atomic E-state index is 0.0963. The number of carboxylic acid groups (broad SMARTS) is 1.